The highest BCUT2D eigenvalue weighted by molar-refractivity contribution is 5.38. The van der Waals surface area contributed by atoms with Crippen molar-refractivity contribution < 1.29 is 13.2 Å². The minimum atomic E-state index is -1.27. The van der Waals surface area contributed by atoms with Gasteiger partial charge in [-0.15, -0.1) is 0 Å². The molecule has 0 amide bonds. The van der Waals surface area contributed by atoms with E-state index in [2.05, 4.69) is 4.98 Å². The molecule has 0 aromatic carbocycles. The van der Waals surface area contributed by atoms with E-state index in [0.29, 0.717) is 12.6 Å². The van der Waals surface area contributed by atoms with Crippen molar-refractivity contribution in [2.24, 2.45) is 0 Å². The number of anilines is 1. The highest BCUT2D eigenvalue weighted by atomic mass is 19.2. The second kappa shape index (κ2) is 5.00. The van der Waals surface area contributed by atoms with Crippen molar-refractivity contribution in [3.05, 3.63) is 23.6 Å². The van der Waals surface area contributed by atoms with Crippen molar-refractivity contribution in [1.29, 1.82) is 0 Å². The summed E-state index contributed by atoms with van der Waals surface area (Å²) in [6, 6.07) is 0.514. The standard InChI is InChI=1S/C10H13F3N2/c1-3-4-5-15(2)10-8(12)6-7(11)9(13)14-10/h6H,3-5H2,1-2H3. The second-order valence-electron chi connectivity index (χ2n) is 3.34. The average molecular weight is 218 g/mol. The molecule has 0 spiro atoms. The zero-order valence-corrected chi connectivity index (χ0v) is 8.73. The zero-order chi connectivity index (χ0) is 11.4. The molecule has 2 nitrogen and oxygen atoms in total. The third-order valence-corrected chi connectivity index (χ3v) is 2.08. The van der Waals surface area contributed by atoms with E-state index in [0.717, 1.165) is 12.8 Å². The van der Waals surface area contributed by atoms with Gasteiger partial charge in [-0.05, 0) is 6.42 Å². The van der Waals surface area contributed by atoms with Gasteiger partial charge in [0.2, 0.25) is 0 Å². The van der Waals surface area contributed by atoms with Crippen LogP contribution in [0.2, 0.25) is 0 Å². The molecule has 0 aliphatic rings. The highest BCUT2D eigenvalue weighted by Crippen LogP contribution is 2.17. The first kappa shape index (κ1) is 11.8. The summed E-state index contributed by atoms with van der Waals surface area (Å²) in [5.74, 6) is -3.52. The molecule has 0 saturated carbocycles. The number of aromatic nitrogens is 1. The Kier molecular flexibility index (Phi) is 3.94. The van der Waals surface area contributed by atoms with Crippen molar-refractivity contribution in [2.75, 3.05) is 18.5 Å². The molecular formula is C10H13F3N2. The smallest absolute Gasteiger partial charge is 0.251 e. The van der Waals surface area contributed by atoms with Crippen molar-refractivity contribution in [3.8, 4) is 0 Å². The predicted octanol–water partition coefficient (Wildman–Crippen LogP) is 2.74. The Morgan fingerprint density at radius 2 is 1.93 bits per heavy atom. The van der Waals surface area contributed by atoms with Crippen molar-refractivity contribution >= 4 is 5.82 Å². The SMILES string of the molecule is CCCCN(C)c1nc(F)c(F)cc1F. The lowest BCUT2D eigenvalue weighted by molar-refractivity contribution is 0.463. The minimum absolute atomic E-state index is 0.151. The predicted molar refractivity (Wildman–Crippen MR) is 52.3 cm³/mol. The molecule has 0 aliphatic carbocycles. The van der Waals surface area contributed by atoms with E-state index < -0.39 is 17.6 Å². The van der Waals surface area contributed by atoms with E-state index in [1.807, 2.05) is 6.92 Å². The average Bonchev–Trinajstić information content (AvgIpc) is 2.20. The van der Waals surface area contributed by atoms with Crippen LogP contribution in [0.4, 0.5) is 19.0 Å². The van der Waals surface area contributed by atoms with Gasteiger partial charge in [-0.3, -0.25) is 0 Å². The molecule has 15 heavy (non-hydrogen) atoms. The summed E-state index contributed by atoms with van der Waals surface area (Å²) >= 11 is 0. The number of nitrogens with zero attached hydrogens (tertiary/aromatic N) is 2. The second-order valence-corrected chi connectivity index (χ2v) is 3.34. The highest BCUT2D eigenvalue weighted by Gasteiger charge is 2.14. The van der Waals surface area contributed by atoms with E-state index >= 15 is 0 Å². The third-order valence-electron chi connectivity index (χ3n) is 2.08. The van der Waals surface area contributed by atoms with Crippen LogP contribution in [0.3, 0.4) is 0 Å². The molecular weight excluding hydrogens is 205 g/mol. The van der Waals surface area contributed by atoms with Crippen molar-refractivity contribution in [3.63, 3.8) is 0 Å². The molecule has 0 radical (unpaired) electrons. The van der Waals surface area contributed by atoms with Gasteiger partial charge in [0, 0.05) is 19.7 Å². The molecule has 1 aromatic heterocycles. The van der Waals surface area contributed by atoms with Crippen LogP contribution >= 0.6 is 0 Å². The maximum atomic E-state index is 13.2. The lowest BCUT2D eigenvalue weighted by Gasteiger charge is -2.18. The van der Waals surface area contributed by atoms with Crippen LogP contribution in [0.15, 0.2) is 6.07 Å². The van der Waals surface area contributed by atoms with Crippen LogP contribution in [-0.4, -0.2) is 18.6 Å². The van der Waals surface area contributed by atoms with Crippen LogP contribution in [0.5, 0.6) is 0 Å². The Balaban J connectivity index is 2.88. The monoisotopic (exact) mass is 218 g/mol. The fourth-order valence-electron chi connectivity index (χ4n) is 1.20. The summed E-state index contributed by atoms with van der Waals surface area (Å²) in [4.78, 5) is 4.71. The Bertz CT molecular complexity index is 342. The van der Waals surface area contributed by atoms with E-state index in [4.69, 9.17) is 0 Å². The van der Waals surface area contributed by atoms with Crippen LogP contribution in [-0.2, 0) is 0 Å². The van der Waals surface area contributed by atoms with Gasteiger partial charge < -0.3 is 4.90 Å². The summed E-state index contributed by atoms with van der Waals surface area (Å²) in [6.07, 6.45) is 1.78. The maximum absolute atomic E-state index is 13.2. The van der Waals surface area contributed by atoms with Crippen LogP contribution in [0.25, 0.3) is 0 Å². The van der Waals surface area contributed by atoms with Gasteiger partial charge in [0.25, 0.3) is 5.95 Å². The molecule has 0 unspecified atom stereocenters. The minimum Gasteiger partial charge on any atom is -0.357 e. The summed E-state index contributed by atoms with van der Waals surface area (Å²) in [6.45, 7) is 2.55. The van der Waals surface area contributed by atoms with E-state index in [9.17, 15) is 13.2 Å². The van der Waals surface area contributed by atoms with Gasteiger partial charge in [-0.25, -0.2) is 8.78 Å². The van der Waals surface area contributed by atoms with Gasteiger partial charge in [-0.2, -0.15) is 9.37 Å². The van der Waals surface area contributed by atoms with Gasteiger partial charge in [0.05, 0.1) is 0 Å². The third kappa shape index (κ3) is 2.84. The molecule has 84 valence electrons. The molecule has 1 heterocycles. The lowest BCUT2D eigenvalue weighted by Crippen LogP contribution is -2.21. The number of unbranched alkanes of at least 4 members (excludes halogenated alkanes) is 1. The molecule has 5 heteroatoms. The van der Waals surface area contributed by atoms with E-state index in [1.54, 1.807) is 7.05 Å². The summed E-state index contributed by atoms with van der Waals surface area (Å²) in [5, 5.41) is 0. The van der Waals surface area contributed by atoms with Gasteiger partial charge in [0.1, 0.15) is 0 Å². The van der Waals surface area contributed by atoms with E-state index in [-0.39, 0.29) is 5.82 Å². The van der Waals surface area contributed by atoms with Crippen LogP contribution < -0.4 is 4.90 Å². The van der Waals surface area contributed by atoms with Crippen LogP contribution in [0.1, 0.15) is 19.8 Å². The number of halogens is 3. The first-order chi connectivity index (χ1) is 7.06. The normalized spacial score (nSPS) is 10.5. The first-order valence-corrected chi connectivity index (χ1v) is 4.79. The van der Waals surface area contributed by atoms with Crippen molar-refractivity contribution in [1.82, 2.24) is 4.98 Å². The Hall–Kier alpha value is -1.26. The lowest BCUT2D eigenvalue weighted by atomic mass is 10.3. The molecule has 0 N–H and O–H groups in total. The molecule has 0 fully saturated rings. The first-order valence-electron chi connectivity index (χ1n) is 4.79. The molecule has 1 rings (SSSR count). The number of hydrogen-bond acceptors (Lipinski definition) is 2. The summed E-state index contributed by atoms with van der Waals surface area (Å²) in [5.41, 5.74) is 0. The van der Waals surface area contributed by atoms with Gasteiger partial charge in [-0.1, -0.05) is 13.3 Å². The summed E-state index contributed by atoms with van der Waals surface area (Å²) < 4.78 is 38.5. The maximum Gasteiger partial charge on any atom is 0.251 e. The molecule has 0 aliphatic heterocycles. The molecule has 0 saturated heterocycles. The quantitative estimate of drug-likeness (QED) is 0.722. The van der Waals surface area contributed by atoms with Crippen LogP contribution in [0, 0.1) is 17.6 Å². The number of pyridine rings is 1. The molecule has 0 atom stereocenters. The zero-order valence-electron chi connectivity index (χ0n) is 8.73. The Morgan fingerprint density at radius 3 is 2.53 bits per heavy atom. The van der Waals surface area contributed by atoms with Gasteiger partial charge >= 0.3 is 0 Å². The largest absolute Gasteiger partial charge is 0.357 e. The van der Waals surface area contributed by atoms with Gasteiger partial charge in [0.15, 0.2) is 17.5 Å². The Morgan fingerprint density at radius 1 is 1.27 bits per heavy atom. The Labute approximate surface area is 86.7 Å². The molecule has 1 aromatic rings. The number of rotatable bonds is 4. The van der Waals surface area contributed by atoms with Crippen molar-refractivity contribution in [2.45, 2.75) is 19.8 Å². The molecule has 0 bridgehead atoms. The topological polar surface area (TPSA) is 16.1 Å². The number of hydrogen-bond donors (Lipinski definition) is 0. The summed E-state index contributed by atoms with van der Waals surface area (Å²) in [7, 11) is 1.60. The fourth-order valence-corrected chi connectivity index (χ4v) is 1.20. The van der Waals surface area contributed by atoms with E-state index in [1.165, 1.54) is 4.90 Å². The fraction of sp³-hybridized carbons (Fsp3) is 0.500.